The lowest BCUT2D eigenvalue weighted by molar-refractivity contribution is -0.0819. The van der Waals surface area contributed by atoms with Gasteiger partial charge in [0, 0.05) is 5.56 Å². The summed E-state index contributed by atoms with van der Waals surface area (Å²) in [5.74, 6) is 1.53. The first-order valence-electron chi connectivity index (χ1n) is 8.32. The molecule has 0 spiro atoms. The van der Waals surface area contributed by atoms with Crippen LogP contribution in [0.1, 0.15) is 51.2 Å². The van der Waals surface area contributed by atoms with E-state index in [1.165, 1.54) is 25.7 Å². The van der Waals surface area contributed by atoms with Gasteiger partial charge in [0.15, 0.2) is 0 Å². The number of hydrogen-bond acceptors (Lipinski definition) is 4. The lowest BCUT2D eigenvalue weighted by Gasteiger charge is -2.48. The van der Waals surface area contributed by atoms with Crippen LogP contribution in [0.4, 0.5) is 0 Å². The highest BCUT2D eigenvalue weighted by molar-refractivity contribution is 5.44. The van der Waals surface area contributed by atoms with E-state index >= 15 is 0 Å². The SMILES string of the molecule is COc1ccc2c(c1)C(O)C(N1CCCCCC1)C(C)(C)O2. The first kappa shape index (κ1) is 15.6. The molecule has 0 bridgehead atoms. The van der Waals surface area contributed by atoms with E-state index in [1.54, 1.807) is 7.11 Å². The minimum Gasteiger partial charge on any atom is -0.497 e. The fourth-order valence-electron chi connectivity index (χ4n) is 3.88. The Kier molecular flexibility index (Phi) is 4.33. The lowest BCUT2D eigenvalue weighted by atomic mass is 9.84. The maximum absolute atomic E-state index is 11.0. The van der Waals surface area contributed by atoms with Crippen molar-refractivity contribution in [2.45, 2.75) is 57.3 Å². The molecule has 2 aliphatic heterocycles. The number of nitrogens with zero attached hydrogens (tertiary/aromatic N) is 1. The van der Waals surface area contributed by atoms with E-state index in [0.717, 1.165) is 30.2 Å². The highest BCUT2D eigenvalue weighted by Gasteiger charge is 2.46. The Hall–Kier alpha value is -1.26. The van der Waals surface area contributed by atoms with Gasteiger partial charge in [-0.25, -0.2) is 0 Å². The van der Waals surface area contributed by atoms with Crippen molar-refractivity contribution in [1.29, 1.82) is 0 Å². The third-order valence-electron chi connectivity index (χ3n) is 4.95. The number of ether oxygens (including phenoxy) is 2. The molecule has 1 aromatic rings. The Balaban J connectivity index is 1.95. The van der Waals surface area contributed by atoms with E-state index in [0.29, 0.717) is 0 Å². The Morgan fingerprint density at radius 2 is 1.86 bits per heavy atom. The molecule has 0 amide bonds. The van der Waals surface area contributed by atoms with Gasteiger partial charge in [-0.3, -0.25) is 4.90 Å². The summed E-state index contributed by atoms with van der Waals surface area (Å²) in [7, 11) is 1.65. The third kappa shape index (κ3) is 2.82. The number of aliphatic hydroxyl groups excluding tert-OH is 1. The Morgan fingerprint density at radius 3 is 2.50 bits per heavy atom. The summed E-state index contributed by atoms with van der Waals surface area (Å²) in [6.45, 7) is 6.24. The third-order valence-corrected chi connectivity index (χ3v) is 4.95. The largest absolute Gasteiger partial charge is 0.497 e. The molecule has 1 saturated heterocycles. The zero-order valence-corrected chi connectivity index (χ0v) is 13.8. The predicted octanol–water partition coefficient (Wildman–Crippen LogP) is 3.14. The highest BCUT2D eigenvalue weighted by Crippen LogP contribution is 2.43. The van der Waals surface area contributed by atoms with Crippen LogP contribution in [0.3, 0.4) is 0 Å². The summed E-state index contributed by atoms with van der Waals surface area (Å²) in [5.41, 5.74) is 0.429. The van der Waals surface area contributed by atoms with Crippen LogP contribution in [0.15, 0.2) is 18.2 Å². The molecule has 4 nitrogen and oxygen atoms in total. The second-order valence-corrected chi connectivity index (χ2v) is 6.95. The maximum atomic E-state index is 11.0. The first-order chi connectivity index (χ1) is 10.5. The Labute approximate surface area is 133 Å². The van der Waals surface area contributed by atoms with Gasteiger partial charge in [0.1, 0.15) is 23.2 Å². The van der Waals surface area contributed by atoms with Gasteiger partial charge in [-0.2, -0.15) is 0 Å². The van der Waals surface area contributed by atoms with Crippen LogP contribution in [0.25, 0.3) is 0 Å². The highest BCUT2D eigenvalue weighted by atomic mass is 16.5. The second-order valence-electron chi connectivity index (χ2n) is 6.95. The molecule has 122 valence electrons. The van der Waals surface area contributed by atoms with Crippen molar-refractivity contribution in [3.8, 4) is 11.5 Å². The van der Waals surface area contributed by atoms with Crippen LogP contribution in [-0.2, 0) is 0 Å². The van der Waals surface area contributed by atoms with Gasteiger partial charge in [0.05, 0.1) is 13.2 Å². The molecule has 2 aliphatic rings. The summed E-state index contributed by atoms with van der Waals surface area (Å²) in [4.78, 5) is 2.42. The molecule has 0 saturated carbocycles. The van der Waals surface area contributed by atoms with Crippen molar-refractivity contribution in [3.05, 3.63) is 23.8 Å². The molecular formula is C18H27NO3. The molecule has 2 unspecified atom stereocenters. The molecule has 1 N–H and O–H groups in total. The van der Waals surface area contributed by atoms with Gasteiger partial charge in [-0.15, -0.1) is 0 Å². The predicted molar refractivity (Wildman–Crippen MR) is 86.5 cm³/mol. The smallest absolute Gasteiger partial charge is 0.126 e. The molecule has 22 heavy (non-hydrogen) atoms. The number of hydrogen-bond donors (Lipinski definition) is 1. The molecular weight excluding hydrogens is 278 g/mol. The molecule has 2 heterocycles. The van der Waals surface area contributed by atoms with Gasteiger partial charge in [0.2, 0.25) is 0 Å². The fourth-order valence-corrected chi connectivity index (χ4v) is 3.88. The summed E-state index contributed by atoms with van der Waals surface area (Å²) in [6.07, 6.45) is 4.41. The fraction of sp³-hybridized carbons (Fsp3) is 0.667. The van der Waals surface area contributed by atoms with Crippen molar-refractivity contribution in [2.75, 3.05) is 20.2 Å². The lowest BCUT2D eigenvalue weighted by Crippen LogP contribution is -2.58. The van der Waals surface area contributed by atoms with Gasteiger partial charge in [0.25, 0.3) is 0 Å². The summed E-state index contributed by atoms with van der Waals surface area (Å²) >= 11 is 0. The van der Waals surface area contributed by atoms with Crippen molar-refractivity contribution in [3.63, 3.8) is 0 Å². The summed E-state index contributed by atoms with van der Waals surface area (Å²) in [5, 5.41) is 11.0. The molecule has 1 aromatic carbocycles. The molecule has 2 atom stereocenters. The number of methoxy groups -OCH3 is 1. The normalized spacial score (nSPS) is 28.4. The minimum atomic E-state index is -0.549. The van der Waals surface area contributed by atoms with E-state index in [9.17, 15) is 5.11 Å². The van der Waals surface area contributed by atoms with Crippen LogP contribution < -0.4 is 9.47 Å². The zero-order valence-electron chi connectivity index (χ0n) is 13.8. The topological polar surface area (TPSA) is 41.9 Å². The van der Waals surface area contributed by atoms with E-state index in [-0.39, 0.29) is 6.04 Å². The van der Waals surface area contributed by atoms with Crippen molar-refractivity contribution >= 4 is 0 Å². The van der Waals surface area contributed by atoms with Crippen molar-refractivity contribution < 1.29 is 14.6 Å². The summed E-state index contributed by atoms with van der Waals surface area (Å²) < 4.78 is 11.5. The van der Waals surface area contributed by atoms with Gasteiger partial charge < -0.3 is 14.6 Å². The van der Waals surface area contributed by atoms with E-state index in [4.69, 9.17) is 9.47 Å². The standard InChI is InChI=1S/C18H27NO3/c1-18(2)17(19-10-6-4-5-7-11-19)16(20)14-12-13(21-3)8-9-15(14)22-18/h8-9,12,16-17,20H,4-7,10-11H2,1-3H3. The van der Waals surface area contributed by atoms with E-state index < -0.39 is 11.7 Å². The molecule has 3 rings (SSSR count). The number of fused-ring (bicyclic) bond motifs is 1. The number of likely N-dealkylation sites (tertiary alicyclic amines) is 1. The monoisotopic (exact) mass is 305 g/mol. The average molecular weight is 305 g/mol. The van der Waals surface area contributed by atoms with Crippen molar-refractivity contribution in [2.24, 2.45) is 0 Å². The summed E-state index contributed by atoms with van der Waals surface area (Å²) in [6, 6.07) is 5.66. The second kappa shape index (κ2) is 6.09. The van der Waals surface area contributed by atoms with Crippen molar-refractivity contribution in [1.82, 2.24) is 4.90 Å². The Morgan fingerprint density at radius 1 is 1.18 bits per heavy atom. The van der Waals surface area contributed by atoms with Crippen LogP contribution in [0.2, 0.25) is 0 Å². The molecule has 0 aromatic heterocycles. The quantitative estimate of drug-likeness (QED) is 0.911. The van der Waals surface area contributed by atoms with E-state index in [2.05, 4.69) is 18.7 Å². The first-order valence-corrected chi connectivity index (χ1v) is 8.32. The average Bonchev–Trinajstić information content (AvgIpc) is 2.75. The van der Waals surface area contributed by atoms with Gasteiger partial charge in [-0.05, 0) is 58.0 Å². The van der Waals surface area contributed by atoms with Crippen LogP contribution in [0, 0.1) is 0 Å². The van der Waals surface area contributed by atoms with E-state index in [1.807, 2.05) is 18.2 Å². The minimum absolute atomic E-state index is 0.0230. The van der Waals surface area contributed by atoms with Gasteiger partial charge >= 0.3 is 0 Å². The Bertz CT molecular complexity index is 521. The molecule has 0 aliphatic carbocycles. The van der Waals surface area contributed by atoms with Crippen LogP contribution >= 0.6 is 0 Å². The van der Waals surface area contributed by atoms with Gasteiger partial charge in [-0.1, -0.05) is 12.8 Å². The maximum Gasteiger partial charge on any atom is 0.126 e. The molecule has 4 heteroatoms. The van der Waals surface area contributed by atoms with Crippen LogP contribution in [-0.4, -0.2) is 41.8 Å². The number of benzene rings is 1. The molecule has 0 radical (unpaired) electrons. The zero-order chi connectivity index (χ0) is 15.7. The number of aliphatic hydroxyl groups is 1. The number of rotatable bonds is 2. The van der Waals surface area contributed by atoms with Crippen LogP contribution in [0.5, 0.6) is 11.5 Å². The molecule has 1 fully saturated rings.